The van der Waals surface area contributed by atoms with Crippen LogP contribution in [0.1, 0.15) is 18.8 Å². The molecular weight excluding hydrogens is 284 g/mol. The Kier molecular flexibility index (Phi) is 4.81. The van der Waals surface area contributed by atoms with Crippen LogP contribution in [-0.4, -0.2) is 26.8 Å². The van der Waals surface area contributed by atoms with Crippen LogP contribution in [0.3, 0.4) is 0 Å². The Morgan fingerprint density at radius 3 is 3.00 bits per heavy atom. The molecule has 100 valence electrons. The number of aromatic amines is 1. The molecule has 1 aromatic carbocycles. The van der Waals surface area contributed by atoms with Crippen molar-refractivity contribution in [2.24, 2.45) is 0 Å². The first-order chi connectivity index (χ1) is 9.16. The topological polar surface area (TPSA) is 70.7 Å². The maximum atomic E-state index is 11.8. The lowest BCUT2D eigenvalue weighted by Gasteiger charge is -2.11. The number of aromatic nitrogens is 3. The summed E-state index contributed by atoms with van der Waals surface area (Å²) in [7, 11) is 0. The predicted molar refractivity (Wildman–Crippen MR) is 75.1 cm³/mol. The number of nitrogens with one attached hydrogen (secondary N) is 2. The van der Waals surface area contributed by atoms with E-state index in [9.17, 15) is 4.79 Å². The molecule has 19 heavy (non-hydrogen) atoms. The number of carbonyl (C=O) groups excluding carboxylic acids is 1. The van der Waals surface area contributed by atoms with Gasteiger partial charge in [-0.25, -0.2) is 4.98 Å². The summed E-state index contributed by atoms with van der Waals surface area (Å²) in [4.78, 5) is 16.7. The maximum absolute atomic E-state index is 11.8. The molecule has 1 amide bonds. The lowest BCUT2D eigenvalue weighted by molar-refractivity contribution is -0.119. The summed E-state index contributed by atoms with van der Waals surface area (Å²) < 4.78 is 0. The van der Waals surface area contributed by atoms with Gasteiger partial charge in [-0.1, -0.05) is 23.7 Å². The van der Waals surface area contributed by atoms with Crippen LogP contribution in [0.5, 0.6) is 0 Å². The minimum Gasteiger partial charge on any atom is -0.346 e. The van der Waals surface area contributed by atoms with Crippen LogP contribution < -0.4 is 5.32 Å². The van der Waals surface area contributed by atoms with E-state index in [0.717, 1.165) is 4.90 Å². The predicted octanol–water partition coefficient (Wildman–Crippen LogP) is 2.43. The van der Waals surface area contributed by atoms with Gasteiger partial charge < -0.3 is 5.32 Å². The third-order valence-electron chi connectivity index (χ3n) is 2.42. The van der Waals surface area contributed by atoms with Crippen molar-refractivity contribution >= 4 is 29.3 Å². The molecule has 0 fully saturated rings. The Hall–Kier alpha value is -1.53. The molecular formula is C12H13ClN4OS. The summed E-state index contributed by atoms with van der Waals surface area (Å²) in [5, 5.41) is 9.96. The van der Waals surface area contributed by atoms with E-state index < -0.39 is 0 Å². The van der Waals surface area contributed by atoms with E-state index in [-0.39, 0.29) is 11.9 Å². The third-order valence-corrected chi connectivity index (χ3v) is 3.93. The molecule has 5 nitrogen and oxygen atoms in total. The largest absolute Gasteiger partial charge is 0.346 e. The van der Waals surface area contributed by atoms with E-state index in [1.807, 2.05) is 25.1 Å². The average Bonchev–Trinajstić information content (AvgIpc) is 2.91. The molecule has 0 saturated carbocycles. The first-order valence-electron chi connectivity index (χ1n) is 5.69. The van der Waals surface area contributed by atoms with Gasteiger partial charge in [0.15, 0.2) is 0 Å². The molecule has 1 unspecified atom stereocenters. The number of carbonyl (C=O) groups is 1. The number of amides is 1. The quantitative estimate of drug-likeness (QED) is 0.831. The Labute approximate surface area is 120 Å². The summed E-state index contributed by atoms with van der Waals surface area (Å²) in [6.07, 6.45) is 1.41. The van der Waals surface area contributed by atoms with Crippen molar-refractivity contribution in [1.82, 2.24) is 20.5 Å². The van der Waals surface area contributed by atoms with Crippen molar-refractivity contribution in [1.29, 1.82) is 0 Å². The monoisotopic (exact) mass is 296 g/mol. The van der Waals surface area contributed by atoms with Crippen LogP contribution in [-0.2, 0) is 4.79 Å². The SMILES string of the molecule is CC(NC(=O)CSc1ccccc1Cl)c1ncn[nH]1. The number of rotatable bonds is 5. The molecule has 0 aliphatic heterocycles. The Balaban J connectivity index is 1.84. The second kappa shape index (κ2) is 6.58. The van der Waals surface area contributed by atoms with Crippen LogP contribution in [0, 0.1) is 0 Å². The summed E-state index contributed by atoms with van der Waals surface area (Å²) >= 11 is 7.42. The fourth-order valence-electron chi connectivity index (χ4n) is 1.48. The third kappa shape index (κ3) is 3.97. The van der Waals surface area contributed by atoms with E-state index in [2.05, 4.69) is 20.5 Å². The highest BCUT2D eigenvalue weighted by Crippen LogP contribution is 2.26. The summed E-state index contributed by atoms with van der Waals surface area (Å²) in [5.74, 6) is 0.868. The van der Waals surface area contributed by atoms with Gasteiger partial charge in [0.05, 0.1) is 16.8 Å². The summed E-state index contributed by atoms with van der Waals surface area (Å²) in [5.41, 5.74) is 0. The molecule has 0 spiro atoms. The molecule has 0 aliphatic carbocycles. The zero-order chi connectivity index (χ0) is 13.7. The van der Waals surface area contributed by atoms with E-state index in [0.29, 0.717) is 16.6 Å². The second-order valence-electron chi connectivity index (χ2n) is 3.88. The molecule has 7 heteroatoms. The van der Waals surface area contributed by atoms with Gasteiger partial charge in [0.1, 0.15) is 12.2 Å². The zero-order valence-electron chi connectivity index (χ0n) is 10.3. The Bertz CT molecular complexity index is 546. The summed E-state index contributed by atoms with van der Waals surface area (Å²) in [6.45, 7) is 1.85. The minimum atomic E-state index is -0.193. The summed E-state index contributed by atoms with van der Waals surface area (Å²) in [6, 6.07) is 7.25. The molecule has 0 aliphatic rings. The minimum absolute atomic E-state index is 0.0752. The van der Waals surface area contributed by atoms with Gasteiger partial charge in [-0.2, -0.15) is 5.10 Å². The number of H-pyrrole nitrogens is 1. The van der Waals surface area contributed by atoms with Gasteiger partial charge in [-0.05, 0) is 19.1 Å². The van der Waals surface area contributed by atoms with E-state index in [1.165, 1.54) is 18.1 Å². The van der Waals surface area contributed by atoms with E-state index in [4.69, 9.17) is 11.6 Å². The number of thioether (sulfide) groups is 1. The number of benzene rings is 1. The van der Waals surface area contributed by atoms with Gasteiger partial charge >= 0.3 is 0 Å². The van der Waals surface area contributed by atoms with Crippen LogP contribution >= 0.6 is 23.4 Å². The molecule has 2 rings (SSSR count). The smallest absolute Gasteiger partial charge is 0.230 e. The first-order valence-corrected chi connectivity index (χ1v) is 7.05. The highest BCUT2D eigenvalue weighted by atomic mass is 35.5. The molecule has 2 aromatic rings. The van der Waals surface area contributed by atoms with Crippen LogP contribution in [0.25, 0.3) is 0 Å². The highest BCUT2D eigenvalue weighted by molar-refractivity contribution is 8.00. The Morgan fingerprint density at radius 1 is 1.53 bits per heavy atom. The van der Waals surface area contributed by atoms with Crippen LogP contribution in [0.2, 0.25) is 5.02 Å². The van der Waals surface area contributed by atoms with Gasteiger partial charge in [-0.15, -0.1) is 11.8 Å². The molecule has 1 atom stereocenters. The first kappa shape index (κ1) is 13.9. The fourth-order valence-corrected chi connectivity index (χ4v) is 2.53. The fraction of sp³-hybridized carbons (Fsp3) is 0.250. The molecule has 1 heterocycles. The van der Waals surface area contributed by atoms with Crippen molar-refractivity contribution < 1.29 is 4.79 Å². The second-order valence-corrected chi connectivity index (χ2v) is 5.30. The highest BCUT2D eigenvalue weighted by Gasteiger charge is 2.12. The van der Waals surface area contributed by atoms with E-state index >= 15 is 0 Å². The van der Waals surface area contributed by atoms with Crippen LogP contribution in [0.4, 0.5) is 0 Å². The number of hydrogen-bond acceptors (Lipinski definition) is 4. The molecule has 0 bridgehead atoms. The molecule has 1 aromatic heterocycles. The zero-order valence-corrected chi connectivity index (χ0v) is 11.8. The van der Waals surface area contributed by atoms with Gasteiger partial charge in [0.25, 0.3) is 0 Å². The lowest BCUT2D eigenvalue weighted by Crippen LogP contribution is -2.28. The molecule has 2 N–H and O–H groups in total. The number of nitrogens with zero attached hydrogens (tertiary/aromatic N) is 2. The van der Waals surface area contributed by atoms with Crippen molar-refractivity contribution in [3.8, 4) is 0 Å². The number of halogens is 1. The van der Waals surface area contributed by atoms with Crippen molar-refractivity contribution in [2.45, 2.75) is 17.9 Å². The Morgan fingerprint density at radius 2 is 2.32 bits per heavy atom. The van der Waals surface area contributed by atoms with Crippen molar-refractivity contribution in [3.63, 3.8) is 0 Å². The standard InChI is InChI=1S/C12H13ClN4OS/c1-8(12-14-7-15-17-12)16-11(18)6-19-10-5-3-2-4-9(10)13/h2-5,7-8H,6H2,1H3,(H,16,18)(H,14,15,17). The average molecular weight is 297 g/mol. The van der Waals surface area contributed by atoms with E-state index in [1.54, 1.807) is 6.07 Å². The van der Waals surface area contributed by atoms with Crippen molar-refractivity contribution in [3.05, 3.63) is 41.4 Å². The van der Waals surface area contributed by atoms with Crippen LogP contribution in [0.15, 0.2) is 35.5 Å². The van der Waals surface area contributed by atoms with Gasteiger partial charge in [0, 0.05) is 4.90 Å². The molecule has 0 radical (unpaired) electrons. The molecule has 0 saturated heterocycles. The van der Waals surface area contributed by atoms with Crippen molar-refractivity contribution in [2.75, 3.05) is 5.75 Å². The number of hydrogen-bond donors (Lipinski definition) is 2. The van der Waals surface area contributed by atoms with Gasteiger partial charge in [0.2, 0.25) is 5.91 Å². The normalized spacial score (nSPS) is 12.1. The van der Waals surface area contributed by atoms with Gasteiger partial charge in [-0.3, -0.25) is 9.89 Å². The maximum Gasteiger partial charge on any atom is 0.230 e. The lowest BCUT2D eigenvalue weighted by atomic mass is 10.3.